The first-order valence-electron chi connectivity index (χ1n) is 5.84. The van der Waals surface area contributed by atoms with Gasteiger partial charge in [0.25, 0.3) is 0 Å². The van der Waals surface area contributed by atoms with Gasteiger partial charge < -0.3 is 10.6 Å². The maximum atomic E-state index is 11.7. The van der Waals surface area contributed by atoms with Crippen molar-refractivity contribution in [2.45, 2.75) is 19.5 Å². The summed E-state index contributed by atoms with van der Waals surface area (Å²) in [5.41, 5.74) is 0.824. The van der Waals surface area contributed by atoms with E-state index in [0.29, 0.717) is 6.54 Å². The number of pyridine rings is 1. The van der Waals surface area contributed by atoms with Crippen molar-refractivity contribution in [3.05, 3.63) is 51.4 Å². The Balaban J connectivity index is 1.81. The Labute approximate surface area is 120 Å². The van der Waals surface area contributed by atoms with Crippen molar-refractivity contribution in [3.8, 4) is 0 Å². The van der Waals surface area contributed by atoms with Crippen molar-refractivity contribution in [1.82, 2.24) is 15.6 Å². The number of rotatable bonds is 4. The second-order valence-corrected chi connectivity index (χ2v) is 5.76. The van der Waals surface area contributed by atoms with E-state index in [-0.39, 0.29) is 12.1 Å². The summed E-state index contributed by atoms with van der Waals surface area (Å²) in [4.78, 5) is 16.9. The molecule has 0 spiro atoms. The van der Waals surface area contributed by atoms with Gasteiger partial charge in [-0.05, 0) is 31.2 Å². The van der Waals surface area contributed by atoms with Crippen LogP contribution in [0, 0.1) is 0 Å². The lowest BCUT2D eigenvalue weighted by Gasteiger charge is -2.12. The van der Waals surface area contributed by atoms with Crippen LogP contribution in [0.5, 0.6) is 0 Å². The van der Waals surface area contributed by atoms with E-state index in [4.69, 9.17) is 11.6 Å². The fraction of sp³-hybridized carbons (Fsp3) is 0.231. The minimum atomic E-state index is -0.220. The average molecular weight is 296 g/mol. The molecule has 2 rings (SSSR count). The first-order valence-corrected chi connectivity index (χ1v) is 7.04. The van der Waals surface area contributed by atoms with Crippen molar-refractivity contribution in [2.75, 3.05) is 0 Å². The lowest BCUT2D eigenvalue weighted by molar-refractivity contribution is 0.237. The predicted octanol–water partition coefficient (Wildman–Crippen LogP) is 3.36. The largest absolute Gasteiger partial charge is 0.332 e. The Hall–Kier alpha value is -1.59. The van der Waals surface area contributed by atoms with Crippen LogP contribution in [-0.4, -0.2) is 11.0 Å². The number of hydrogen-bond donors (Lipinski definition) is 2. The van der Waals surface area contributed by atoms with E-state index in [2.05, 4.69) is 15.6 Å². The third kappa shape index (κ3) is 4.22. The minimum absolute atomic E-state index is 0.0683. The number of urea groups is 1. The van der Waals surface area contributed by atoms with Crippen molar-refractivity contribution < 1.29 is 4.79 Å². The highest BCUT2D eigenvalue weighted by Crippen LogP contribution is 2.26. The number of nitrogens with zero attached hydrogens (tertiary/aromatic N) is 1. The molecule has 2 N–H and O–H groups in total. The molecule has 2 amide bonds. The van der Waals surface area contributed by atoms with Crippen LogP contribution in [-0.2, 0) is 6.54 Å². The van der Waals surface area contributed by atoms with Gasteiger partial charge in [-0.1, -0.05) is 17.7 Å². The zero-order valence-electron chi connectivity index (χ0n) is 10.4. The highest BCUT2D eigenvalue weighted by Gasteiger charge is 2.11. The van der Waals surface area contributed by atoms with Gasteiger partial charge in [0.15, 0.2) is 0 Å². The number of thiophene rings is 1. The maximum absolute atomic E-state index is 11.7. The standard InChI is InChI=1S/C13H14ClN3OS/c1-9(11-5-6-12(14)19-11)17-13(18)16-8-10-4-2-3-7-15-10/h2-7,9H,8H2,1H3,(H2,16,17,18)/t9-/m0/s1. The van der Waals surface area contributed by atoms with E-state index in [0.717, 1.165) is 14.9 Å². The molecule has 2 aromatic heterocycles. The van der Waals surface area contributed by atoms with Gasteiger partial charge in [-0.2, -0.15) is 0 Å². The Morgan fingerprint density at radius 1 is 1.42 bits per heavy atom. The summed E-state index contributed by atoms with van der Waals surface area (Å²) in [6.45, 7) is 2.33. The number of hydrogen-bond acceptors (Lipinski definition) is 3. The zero-order valence-corrected chi connectivity index (χ0v) is 12.0. The SMILES string of the molecule is C[C@H](NC(=O)NCc1ccccn1)c1ccc(Cl)s1. The second-order valence-electron chi connectivity index (χ2n) is 4.01. The number of amides is 2. The van der Waals surface area contributed by atoms with Crippen molar-refractivity contribution in [2.24, 2.45) is 0 Å². The smallest absolute Gasteiger partial charge is 0.315 e. The Bertz CT molecular complexity index is 544. The molecular formula is C13H14ClN3OS. The van der Waals surface area contributed by atoms with Gasteiger partial charge in [-0.15, -0.1) is 11.3 Å². The normalized spacial score (nSPS) is 11.9. The molecule has 19 heavy (non-hydrogen) atoms. The Morgan fingerprint density at radius 3 is 2.89 bits per heavy atom. The third-order valence-electron chi connectivity index (χ3n) is 2.52. The van der Waals surface area contributed by atoms with Gasteiger partial charge in [0.05, 0.1) is 22.6 Å². The highest BCUT2D eigenvalue weighted by atomic mass is 35.5. The summed E-state index contributed by atoms with van der Waals surface area (Å²) in [5, 5.41) is 5.62. The highest BCUT2D eigenvalue weighted by molar-refractivity contribution is 7.16. The first-order chi connectivity index (χ1) is 9.15. The summed E-state index contributed by atoms with van der Waals surface area (Å²) in [5.74, 6) is 0. The average Bonchev–Trinajstić information content (AvgIpc) is 2.84. The first kappa shape index (κ1) is 13.8. The third-order valence-corrected chi connectivity index (χ3v) is 3.94. The van der Waals surface area contributed by atoms with Gasteiger partial charge in [0.2, 0.25) is 0 Å². The molecule has 0 aliphatic rings. The van der Waals surface area contributed by atoms with Crippen molar-refractivity contribution >= 4 is 29.0 Å². The van der Waals surface area contributed by atoms with Crippen LogP contribution < -0.4 is 10.6 Å². The number of halogens is 1. The van der Waals surface area contributed by atoms with Gasteiger partial charge >= 0.3 is 6.03 Å². The van der Waals surface area contributed by atoms with E-state index < -0.39 is 0 Å². The molecule has 0 aliphatic heterocycles. The number of aromatic nitrogens is 1. The molecule has 0 radical (unpaired) electrons. The van der Waals surface area contributed by atoms with E-state index in [1.54, 1.807) is 6.20 Å². The summed E-state index contributed by atoms with van der Waals surface area (Å²) < 4.78 is 0.720. The number of nitrogens with one attached hydrogen (secondary N) is 2. The topological polar surface area (TPSA) is 54.0 Å². The van der Waals surface area contributed by atoms with Gasteiger partial charge in [0.1, 0.15) is 0 Å². The predicted molar refractivity (Wildman–Crippen MR) is 77.4 cm³/mol. The molecule has 2 heterocycles. The van der Waals surface area contributed by atoms with E-state index in [1.807, 2.05) is 37.3 Å². The molecule has 0 saturated carbocycles. The molecule has 100 valence electrons. The van der Waals surface area contributed by atoms with Gasteiger partial charge in [-0.3, -0.25) is 4.98 Å². The molecule has 0 aromatic carbocycles. The van der Waals surface area contributed by atoms with Crippen LogP contribution in [0.1, 0.15) is 23.5 Å². The minimum Gasteiger partial charge on any atom is -0.332 e. The molecule has 2 aromatic rings. The molecule has 1 atom stereocenters. The molecular weight excluding hydrogens is 282 g/mol. The summed E-state index contributed by atoms with van der Waals surface area (Å²) in [6, 6.07) is 9.04. The van der Waals surface area contributed by atoms with Gasteiger partial charge in [-0.25, -0.2) is 4.79 Å². The van der Waals surface area contributed by atoms with Crippen LogP contribution in [0.3, 0.4) is 0 Å². The van der Waals surface area contributed by atoms with Crippen LogP contribution in [0.2, 0.25) is 4.34 Å². The quantitative estimate of drug-likeness (QED) is 0.909. The lowest BCUT2D eigenvalue weighted by atomic mass is 10.3. The van der Waals surface area contributed by atoms with E-state index in [1.165, 1.54) is 11.3 Å². The van der Waals surface area contributed by atoms with Crippen LogP contribution >= 0.6 is 22.9 Å². The van der Waals surface area contributed by atoms with E-state index in [9.17, 15) is 4.79 Å². The molecule has 4 nitrogen and oxygen atoms in total. The summed E-state index contributed by atoms with van der Waals surface area (Å²) in [7, 11) is 0. The molecule has 6 heteroatoms. The number of carbonyl (C=O) groups is 1. The number of carbonyl (C=O) groups excluding carboxylic acids is 1. The van der Waals surface area contributed by atoms with Crippen molar-refractivity contribution in [1.29, 1.82) is 0 Å². The van der Waals surface area contributed by atoms with Crippen molar-refractivity contribution in [3.63, 3.8) is 0 Å². The second kappa shape index (κ2) is 6.54. The fourth-order valence-electron chi connectivity index (χ4n) is 1.55. The van der Waals surface area contributed by atoms with Crippen LogP contribution in [0.25, 0.3) is 0 Å². The summed E-state index contributed by atoms with van der Waals surface area (Å²) >= 11 is 7.33. The maximum Gasteiger partial charge on any atom is 0.315 e. The monoisotopic (exact) mass is 295 g/mol. The van der Waals surface area contributed by atoms with Crippen LogP contribution in [0.15, 0.2) is 36.5 Å². The molecule has 0 fully saturated rings. The Morgan fingerprint density at radius 2 is 2.26 bits per heavy atom. The zero-order chi connectivity index (χ0) is 13.7. The van der Waals surface area contributed by atoms with Crippen LogP contribution in [0.4, 0.5) is 4.79 Å². The Kier molecular flexibility index (Phi) is 4.76. The molecule has 0 aliphatic carbocycles. The fourth-order valence-corrected chi connectivity index (χ4v) is 2.62. The summed E-state index contributed by atoms with van der Waals surface area (Å²) in [6.07, 6.45) is 1.70. The van der Waals surface area contributed by atoms with E-state index >= 15 is 0 Å². The molecule has 0 saturated heterocycles. The molecule has 0 unspecified atom stereocenters. The lowest BCUT2D eigenvalue weighted by Crippen LogP contribution is -2.36. The molecule has 0 bridgehead atoms. The van der Waals surface area contributed by atoms with Gasteiger partial charge in [0, 0.05) is 11.1 Å².